The van der Waals surface area contributed by atoms with Gasteiger partial charge in [0, 0.05) is 41.7 Å². The number of fused-ring (bicyclic) bond motifs is 2. The van der Waals surface area contributed by atoms with E-state index >= 15 is 0 Å². The second-order valence-corrected chi connectivity index (χ2v) is 13.6. The Hall–Kier alpha value is -4.14. The van der Waals surface area contributed by atoms with E-state index in [0.29, 0.717) is 57.9 Å². The third-order valence-electron chi connectivity index (χ3n) is 9.20. The molecule has 13 nitrogen and oxygen atoms in total. The summed E-state index contributed by atoms with van der Waals surface area (Å²) in [7, 11) is 0. The Morgan fingerprint density at radius 3 is 2.54 bits per heavy atom. The fourth-order valence-corrected chi connectivity index (χ4v) is 7.07. The Kier molecular flexibility index (Phi) is 7.29. The number of Topliss-reactive ketones (excluding diaryl/α,β-unsaturated/α-hetero) is 1. The van der Waals surface area contributed by atoms with Gasteiger partial charge < -0.3 is 19.7 Å². The standard InChI is InChI=1S/C32H33BrN8O5/c1-16-6-7-26(33)37-29(16)38-30(44)22-9-32(25-15-45-31(4,5)46-25)10-24(32)41(22)27(43)14-40-23-13-36-21(19-11-34-18(3)35-12-19)8-20(23)28(39-40)17(2)42/h6-8,11-13,22,24-25H,9-10,14-15H2,1-5H3,(H,37,38,44)/t22-,24+,25?,32+/m0/s1. The molecule has 3 aliphatic rings. The van der Waals surface area contributed by atoms with Gasteiger partial charge in [0.1, 0.15) is 34.5 Å². The molecule has 1 aliphatic carbocycles. The van der Waals surface area contributed by atoms with Crippen LogP contribution in [0.1, 0.15) is 55.5 Å². The minimum Gasteiger partial charge on any atom is -0.348 e. The number of piperidine rings is 1. The van der Waals surface area contributed by atoms with Crippen LogP contribution in [0.3, 0.4) is 0 Å². The number of anilines is 1. The molecule has 0 spiro atoms. The summed E-state index contributed by atoms with van der Waals surface area (Å²) >= 11 is 3.37. The lowest BCUT2D eigenvalue weighted by molar-refractivity contribution is -0.146. The van der Waals surface area contributed by atoms with Gasteiger partial charge in [-0.1, -0.05) is 6.07 Å². The van der Waals surface area contributed by atoms with Crippen molar-refractivity contribution in [2.45, 2.75) is 78.0 Å². The predicted octanol–water partition coefficient (Wildman–Crippen LogP) is 4.02. The van der Waals surface area contributed by atoms with Gasteiger partial charge in [-0.05, 0) is 74.2 Å². The molecule has 1 saturated carbocycles. The van der Waals surface area contributed by atoms with Crippen molar-refractivity contribution in [1.82, 2.24) is 34.6 Å². The number of ketones is 1. The van der Waals surface area contributed by atoms with E-state index in [1.54, 1.807) is 42.5 Å². The van der Waals surface area contributed by atoms with Crippen molar-refractivity contribution in [3.63, 3.8) is 0 Å². The van der Waals surface area contributed by atoms with Crippen LogP contribution in [0.4, 0.5) is 5.82 Å². The first kappa shape index (κ1) is 30.5. The number of ether oxygens (including phenoxy) is 2. The zero-order valence-corrected chi connectivity index (χ0v) is 27.7. The molecule has 4 aromatic rings. The molecule has 4 aromatic heterocycles. The topological polar surface area (TPSA) is 154 Å². The second kappa shape index (κ2) is 11.0. The normalized spacial score (nSPS) is 24.7. The Labute approximate surface area is 273 Å². The molecule has 0 aromatic carbocycles. The van der Waals surface area contributed by atoms with E-state index in [1.165, 1.54) is 11.6 Å². The molecule has 238 valence electrons. The van der Waals surface area contributed by atoms with Crippen LogP contribution in [0.15, 0.2) is 41.4 Å². The van der Waals surface area contributed by atoms with Crippen LogP contribution in [0.5, 0.6) is 0 Å². The first-order valence-corrected chi connectivity index (χ1v) is 15.9. The zero-order chi connectivity index (χ0) is 32.5. The monoisotopic (exact) mass is 688 g/mol. The van der Waals surface area contributed by atoms with Crippen LogP contribution < -0.4 is 5.32 Å². The third kappa shape index (κ3) is 5.27. The maximum absolute atomic E-state index is 14.2. The highest BCUT2D eigenvalue weighted by Crippen LogP contribution is 2.64. The van der Waals surface area contributed by atoms with Crippen LogP contribution in [-0.2, 0) is 25.6 Å². The molecule has 46 heavy (non-hydrogen) atoms. The fourth-order valence-electron chi connectivity index (χ4n) is 6.76. The lowest BCUT2D eigenvalue weighted by Crippen LogP contribution is -2.47. The molecule has 6 heterocycles. The van der Waals surface area contributed by atoms with Gasteiger partial charge in [-0.15, -0.1) is 0 Å². The summed E-state index contributed by atoms with van der Waals surface area (Å²) in [5.41, 5.74) is 2.42. The summed E-state index contributed by atoms with van der Waals surface area (Å²) < 4.78 is 14.2. The van der Waals surface area contributed by atoms with Crippen LogP contribution >= 0.6 is 15.9 Å². The minimum atomic E-state index is -0.765. The van der Waals surface area contributed by atoms with E-state index in [0.717, 1.165) is 5.56 Å². The molecule has 0 radical (unpaired) electrons. The van der Waals surface area contributed by atoms with Crippen molar-refractivity contribution >= 4 is 50.2 Å². The number of nitrogens with zero attached hydrogens (tertiary/aromatic N) is 7. The van der Waals surface area contributed by atoms with Gasteiger partial charge in [0.15, 0.2) is 11.6 Å². The number of amides is 2. The number of aromatic nitrogens is 6. The summed E-state index contributed by atoms with van der Waals surface area (Å²) in [6.07, 6.45) is 5.81. The molecule has 14 heteroatoms. The van der Waals surface area contributed by atoms with E-state index < -0.39 is 17.2 Å². The number of pyridine rings is 2. The highest BCUT2D eigenvalue weighted by molar-refractivity contribution is 9.10. The van der Waals surface area contributed by atoms with Crippen LogP contribution in [-0.4, -0.2) is 82.8 Å². The highest BCUT2D eigenvalue weighted by atomic mass is 79.9. The molecular weight excluding hydrogens is 656 g/mol. The molecule has 7 rings (SSSR count). The first-order valence-electron chi connectivity index (χ1n) is 15.1. The highest BCUT2D eigenvalue weighted by Gasteiger charge is 2.72. The smallest absolute Gasteiger partial charge is 0.248 e. The van der Waals surface area contributed by atoms with Gasteiger partial charge in [-0.2, -0.15) is 5.10 Å². The number of carbonyl (C=O) groups is 3. The lowest BCUT2D eigenvalue weighted by atomic mass is 9.93. The fraction of sp³-hybridized carbons (Fsp3) is 0.438. The van der Waals surface area contributed by atoms with Gasteiger partial charge in [0.25, 0.3) is 0 Å². The molecule has 1 N–H and O–H groups in total. The average molecular weight is 690 g/mol. The predicted molar refractivity (Wildman–Crippen MR) is 170 cm³/mol. The molecule has 2 amide bonds. The molecule has 0 bridgehead atoms. The van der Waals surface area contributed by atoms with Crippen LogP contribution in [0.2, 0.25) is 0 Å². The summed E-state index contributed by atoms with van der Waals surface area (Å²) in [6, 6.07) is 4.44. The number of aryl methyl sites for hydroxylation is 2. The number of hydrogen-bond donors (Lipinski definition) is 1. The molecule has 4 atom stereocenters. The molecule has 1 unspecified atom stereocenters. The van der Waals surface area contributed by atoms with E-state index in [2.05, 4.69) is 46.3 Å². The quantitative estimate of drug-likeness (QED) is 0.222. The molecule has 2 saturated heterocycles. The van der Waals surface area contributed by atoms with Crippen molar-refractivity contribution < 1.29 is 23.9 Å². The first-order chi connectivity index (χ1) is 21.8. The Balaban J connectivity index is 1.21. The van der Waals surface area contributed by atoms with Crippen LogP contribution in [0.25, 0.3) is 22.2 Å². The summed E-state index contributed by atoms with van der Waals surface area (Å²) in [6.45, 7) is 9.03. The van der Waals surface area contributed by atoms with Crippen molar-refractivity contribution in [1.29, 1.82) is 0 Å². The Morgan fingerprint density at radius 1 is 1.09 bits per heavy atom. The SMILES string of the molecule is CC(=O)c1nn(CC(=O)N2[C@H](C(=O)Nc3nc(Br)ccc3C)C[C@@]3(C4COC(C)(C)O4)C[C@@H]23)c2cnc(-c3cnc(C)nc3)cc12. The molecule has 3 fully saturated rings. The van der Waals surface area contributed by atoms with E-state index in [-0.39, 0.29) is 42.0 Å². The van der Waals surface area contributed by atoms with Gasteiger partial charge in [0.05, 0.1) is 30.1 Å². The van der Waals surface area contributed by atoms with Gasteiger partial charge in [0.2, 0.25) is 11.8 Å². The van der Waals surface area contributed by atoms with E-state index in [1.807, 2.05) is 26.8 Å². The molecule has 2 aliphatic heterocycles. The lowest BCUT2D eigenvalue weighted by Gasteiger charge is -2.27. The number of carbonyl (C=O) groups excluding carboxylic acids is 3. The summed E-state index contributed by atoms with van der Waals surface area (Å²) in [5, 5.41) is 8.06. The summed E-state index contributed by atoms with van der Waals surface area (Å²) in [4.78, 5) is 59.9. The van der Waals surface area contributed by atoms with E-state index in [4.69, 9.17) is 9.47 Å². The van der Waals surface area contributed by atoms with Gasteiger partial charge >= 0.3 is 0 Å². The average Bonchev–Trinajstić information content (AvgIpc) is 3.26. The Morgan fingerprint density at radius 2 is 1.85 bits per heavy atom. The molecular formula is C32H33BrN8O5. The third-order valence-corrected chi connectivity index (χ3v) is 9.64. The van der Waals surface area contributed by atoms with Crippen molar-refractivity contribution in [3.05, 3.63) is 58.5 Å². The largest absolute Gasteiger partial charge is 0.348 e. The van der Waals surface area contributed by atoms with Gasteiger partial charge in [-0.25, -0.2) is 15.0 Å². The van der Waals surface area contributed by atoms with E-state index in [9.17, 15) is 14.4 Å². The van der Waals surface area contributed by atoms with Crippen molar-refractivity contribution in [3.8, 4) is 11.3 Å². The van der Waals surface area contributed by atoms with Crippen LogP contribution in [0, 0.1) is 19.3 Å². The maximum Gasteiger partial charge on any atom is 0.248 e. The summed E-state index contributed by atoms with van der Waals surface area (Å²) in [5.74, 6) is -0.551. The second-order valence-electron chi connectivity index (χ2n) is 12.7. The number of hydrogen-bond acceptors (Lipinski definition) is 10. The number of nitrogens with one attached hydrogen (secondary N) is 1. The van der Waals surface area contributed by atoms with Gasteiger partial charge in [-0.3, -0.25) is 24.0 Å². The zero-order valence-electron chi connectivity index (χ0n) is 26.1. The maximum atomic E-state index is 14.2. The minimum absolute atomic E-state index is 0.184. The Bertz CT molecular complexity index is 1910. The van der Waals surface area contributed by atoms with Crippen molar-refractivity contribution in [2.24, 2.45) is 5.41 Å². The number of likely N-dealkylation sites (tertiary alicyclic amines) is 1. The van der Waals surface area contributed by atoms with Crippen molar-refractivity contribution in [2.75, 3.05) is 11.9 Å². The number of halogens is 1. The number of rotatable bonds is 7.